The third-order valence-corrected chi connectivity index (χ3v) is 2.51. The monoisotopic (exact) mass is 204 g/mol. The second-order valence-electron chi connectivity index (χ2n) is 3.15. The smallest absolute Gasteiger partial charge is 0.239 e. The fourth-order valence-corrected chi connectivity index (χ4v) is 1.51. The Bertz CT molecular complexity index is 153. The summed E-state index contributed by atoms with van der Waals surface area (Å²) >= 11 is 1.74. The third-order valence-electron chi connectivity index (χ3n) is 1.92. The number of carbonyl (C=O) groups is 1. The van der Waals surface area contributed by atoms with Gasteiger partial charge in [-0.1, -0.05) is 13.3 Å². The summed E-state index contributed by atoms with van der Waals surface area (Å²) in [6, 6.07) is -0.308. The minimum Gasteiger partial charge on any atom is -0.344 e. The highest BCUT2D eigenvalue weighted by Crippen LogP contribution is 2.00. The van der Waals surface area contributed by atoms with Crippen LogP contribution in [-0.2, 0) is 4.79 Å². The Morgan fingerprint density at radius 3 is 2.69 bits per heavy atom. The lowest BCUT2D eigenvalue weighted by Gasteiger charge is -2.20. The van der Waals surface area contributed by atoms with Gasteiger partial charge in [0.15, 0.2) is 0 Å². The first kappa shape index (κ1) is 12.8. The minimum atomic E-state index is -0.308. The van der Waals surface area contributed by atoms with Crippen molar-refractivity contribution in [1.82, 2.24) is 4.90 Å². The van der Waals surface area contributed by atoms with Crippen molar-refractivity contribution >= 4 is 17.7 Å². The highest BCUT2D eigenvalue weighted by Gasteiger charge is 2.15. The van der Waals surface area contributed by atoms with E-state index in [-0.39, 0.29) is 11.9 Å². The fourth-order valence-electron chi connectivity index (χ4n) is 1.06. The van der Waals surface area contributed by atoms with Crippen molar-refractivity contribution in [3.05, 3.63) is 0 Å². The Hall–Kier alpha value is -0.220. The molecular weight excluding hydrogens is 184 g/mol. The Kier molecular flexibility index (Phi) is 7.09. The van der Waals surface area contributed by atoms with Crippen molar-refractivity contribution in [1.29, 1.82) is 0 Å². The lowest BCUT2D eigenvalue weighted by Crippen LogP contribution is -2.42. The molecule has 0 aliphatic heterocycles. The molecule has 0 saturated heterocycles. The SMILES string of the molecule is CCC[C@@H](N)C(=O)N(C)CCSC. The van der Waals surface area contributed by atoms with Crippen LogP contribution in [-0.4, -0.2) is 42.4 Å². The van der Waals surface area contributed by atoms with E-state index in [9.17, 15) is 4.79 Å². The van der Waals surface area contributed by atoms with E-state index in [1.165, 1.54) is 0 Å². The topological polar surface area (TPSA) is 46.3 Å². The average Bonchev–Trinajstić information content (AvgIpc) is 2.13. The molecule has 0 aromatic rings. The zero-order valence-electron chi connectivity index (χ0n) is 8.75. The van der Waals surface area contributed by atoms with E-state index in [1.54, 1.807) is 16.7 Å². The number of carbonyl (C=O) groups excluding carboxylic acids is 1. The predicted molar refractivity (Wildman–Crippen MR) is 58.9 cm³/mol. The molecule has 0 aromatic heterocycles. The summed E-state index contributed by atoms with van der Waals surface area (Å²) < 4.78 is 0. The van der Waals surface area contributed by atoms with Crippen LogP contribution in [0.1, 0.15) is 19.8 Å². The second-order valence-corrected chi connectivity index (χ2v) is 4.13. The molecule has 0 radical (unpaired) electrons. The van der Waals surface area contributed by atoms with Gasteiger partial charge < -0.3 is 10.6 Å². The number of hydrogen-bond donors (Lipinski definition) is 1. The molecule has 0 aliphatic carbocycles. The Morgan fingerprint density at radius 2 is 2.23 bits per heavy atom. The predicted octanol–water partition coefficient (Wildman–Crippen LogP) is 0.935. The van der Waals surface area contributed by atoms with Gasteiger partial charge in [-0.15, -0.1) is 0 Å². The van der Waals surface area contributed by atoms with Gasteiger partial charge in [0, 0.05) is 19.3 Å². The molecular formula is C9H20N2OS. The first-order valence-electron chi connectivity index (χ1n) is 4.63. The van der Waals surface area contributed by atoms with Gasteiger partial charge in [0.25, 0.3) is 0 Å². The maximum Gasteiger partial charge on any atom is 0.239 e. The van der Waals surface area contributed by atoms with Crippen LogP contribution in [0.5, 0.6) is 0 Å². The number of amides is 1. The van der Waals surface area contributed by atoms with Crippen molar-refractivity contribution < 1.29 is 4.79 Å². The number of thioether (sulfide) groups is 1. The molecule has 0 bridgehead atoms. The van der Waals surface area contributed by atoms with Crippen LogP contribution in [0.25, 0.3) is 0 Å². The number of hydrogen-bond acceptors (Lipinski definition) is 3. The van der Waals surface area contributed by atoms with Crippen LogP contribution in [0.3, 0.4) is 0 Å². The molecule has 0 aliphatic rings. The maximum absolute atomic E-state index is 11.5. The summed E-state index contributed by atoms with van der Waals surface area (Å²) in [5.41, 5.74) is 5.70. The molecule has 0 unspecified atom stereocenters. The van der Waals surface area contributed by atoms with E-state index in [0.717, 1.165) is 25.1 Å². The summed E-state index contributed by atoms with van der Waals surface area (Å²) in [6.45, 7) is 2.83. The van der Waals surface area contributed by atoms with Crippen LogP contribution in [0.4, 0.5) is 0 Å². The van der Waals surface area contributed by atoms with E-state index in [4.69, 9.17) is 5.73 Å². The number of likely N-dealkylation sites (N-methyl/N-ethyl adjacent to an activating group) is 1. The van der Waals surface area contributed by atoms with E-state index in [2.05, 4.69) is 0 Å². The second kappa shape index (κ2) is 7.21. The lowest BCUT2D eigenvalue weighted by molar-refractivity contribution is -0.131. The van der Waals surface area contributed by atoms with Gasteiger partial charge in [-0.25, -0.2) is 0 Å². The Labute approximate surface area is 85.0 Å². The van der Waals surface area contributed by atoms with Gasteiger partial charge in [-0.3, -0.25) is 4.79 Å². The van der Waals surface area contributed by atoms with Crippen LogP contribution in [0, 0.1) is 0 Å². The number of nitrogens with zero attached hydrogens (tertiary/aromatic N) is 1. The maximum atomic E-state index is 11.5. The summed E-state index contributed by atoms with van der Waals surface area (Å²) in [4.78, 5) is 13.2. The van der Waals surface area contributed by atoms with E-state index < -0.39 is 0 Å². The zero-order chi connectivity index (χ0) is 10.3. The van der Waals surface area contributed by atoms with Gasteiger partial charge in [0.05, 0.1) is 6.04 Å². The van der Waals surface area contributed by atoms with E-state index in [1.807, 2.05) is 20.2 Å². The molecule has 0 aromatic carbocycles. The Balaban J connectivity index is 3.79. The summed E-state index contributed by atoms with van der Waals surface area (Å²) in [5, 5.41) is 0. The number of rotatable bonds is 6. The molecule has 1 amide bonds. The van der Waals surface area contributed by atoms with Gasteiger partial charge in [0.2, 0.25) is 5.91 Å². The van der Waals surface area contributed by atoms with Gasteiger partial charge in [-0.05, 0) is 12.7 Å². The molecule has 1 atom stereocenters. The highest BCUT2D eigenvalue weighted by atomic mass is 32.2. The largest absolute Gasteiger partial charge is 0.344 e. The average molecular weight is 204 g/mol. The first-order chi connectivity index (χ1) is 6.13. The van der Waals surface area contributed by atoms with Gasteiger partial charge >= 0.3 is 0 Å². The zero-order valence-corrected chi connectivity index (χ0v) is 9.56. The van der Waals surface area contributed by atoms with Gasteiger partial charge in [0.1, 0.15) is 0 Å². The summed E-state index contributed by atoms with van der Waals surface area (Å²) in [5.74, 6) is 1.04. The van der Waals surface area contributed by atoms with Crippen molar-refractivity contribution in [2.75, 3.05) is 25.6 Å². The molecule has 2 N–H and O–H groups in total. The molecule has 13 heavy (non-hydrogen) atoms. The lowest BCUT2D eigenvalue weighted by atomic mass is 10.1. The van der Waals surface area contributed by atoms with Crippen LogP contribution >= 0.6 is 11.8 Å². The highest BCUT2D eigenvalue weighted by molar-refractivity contribution is 7.98. The van der Waals surface area contributed by atoms with Crippen LogP contribution < -0.4 is 5.73 Å². The summed E-state index contributed by atoms with van der Waals surface area (Å²) in [7, 11) is 1.81. The van der Waals surface area contributed by atoms with Crippen LogP contribution in [0.2, 0.25) is 0 Å². The van der Waals surface area contributed by atoms with Gasteiger partial charge in [-0.2, -0.15) is 11.8 Å². The molecule has 0 spiro atoms. The third kappa shape index (κ3) is 5.16. The molecule has 78 valence electrons. The minimum absolute atomic E-state index is 0.0656. The molecule has 3 nitrogen and oxygen atoms in total. The first-order valence-corrected chi connectivity index (χ1v) is 6.02. The molecule has 0 heterocycles. The molecule has 0 rings (SSSR count). The van der Waals surface area contributed by atoms with Crippen molar-refractivity contribution in [2.24, 2.45) is 5.73 Å². The van der Waals surface area contributed by atoms with Crippen LogP contribution in [0.15, 0.2) is 0 Å². The summed E-state index contributed by atoms with van der Waals surface area (Å²) in [6.07, 6.45) is 3.77. The van der Waals surface area contributed by atoms with E-state index >= 15 is 0 Å². The molecule has 0 fully saturated rings. The molecule has 0 saturated carbocycles. The number of nitrogens with two attached hydrogens (primary N) is 1. The quantitative estimate of drug-likeness (QED) is 0.700. The van der Waals surface area contributed by atoms with Crippen molar-refractivity contribution in [3.8, 4) is 0 Å². The normalized spacial score (nSPS) is 12.6. The Morgan fingerprint density at radius 1 is 1.62 bits per heavy atom. The standard InChI is InChI=1S/C9H20N2OS/c1-4-5-8(10)9(12)11(2)6-7-13-3/h8H,4-7,10H2,1-3H3/t8-/m1/s1. The van der Waals surface area contributed by atoms with Crippen molar-refractivity contribution in [2.45, 2.75) is 25.8 Å². The fraction of sp³-hybridized carbons (Fsp3) is 0.889. The van der Waals surface area contributed by atoms with E-state index in [0.29, 0.717) is 0 Å². The molecule has 4 heteroatoms. The van der Waals surface area contributed by atoms with Crippen molar-refractivity contribution in [3.63, 3.8) is 0 Å².